The van der Waals surface area contributed by atoms with Gasteiger partial charge >= 0.3 is 0 Å². The van der Waals surface area contributed by atoms with E-state index in [1.165, 1.54) is 0 Å². The van der Waals surface area contributed by atoms with E-state index in [0.717, 1.165) is 16.5 Å². The van der Waals surface area contributed by atoms with Crippen molar-refractivity contribution in [2.24, 2.45) is 0 Å². The van der Waals surface area contributed by atoms with Gasteiger partial charge in [0.1, 0.15) is 5.82 Å². The molecule has 2 aromatic heterocycles. The van der Waals surface area contributed by atoms with Crippen molar-refractivity contribution in [3.8, 4) is 0 Å². The SMILES string of the molecule is Cc1ccnc2ccnc(N)c12. The van der Waals surface area contributed by atoms with Crippen molar-refractivity contribution in [2.45, 2.75) is 6.92 Å². The molecule has 0 atom stereocenters. The van der Waals surface area contributed by atoms with Gasteiger partial charge in [0.05, 0.1) is 5.52 Å². The summed E-state index contributed by atoms with van der Waals surface area (Å²) >= 11 is 0. The molecule has 2 N–H and O–H groups in total. The number of nitrogens with zero attached hydrogens (tertiary/aromatic N) is 2. The topological polar surface area (TPSA) is 51.8 Å². The number of nitrogen functional groups attached to an aromatic ring is 1. The van der Waals surface area contributed by atoms with Crippen molar-refractivity contribution >= 4 is 16.7 Å². The van der Waals surface area contributed by atoms with Gasteiger partial charge in [-0.15, -0.1) is 0 Å². The first-order valence-electron chi connectivity index (χ1n) is 3.75. The van der Waals surface area contributed by atoms with E-state index in [4.69, 9.17) is 5.73 Å². The Kier molecular flexibility index (Phi) is 1.43. The van der Waals surface area contributed by atoms with Crippen molar-refractivity contribution in [2.75, 3.05) is 5.73 Å². The van der Waals surface area contributed by atoms with Crippen molar-refractivity contribution in [3.63, 3.8) is 0 Å². The van der Waals surface area contributed by atoms with E-state index in [1.807, 2.05) is 19.1 Å². The van der Waals surface area contributed by atoms with Crippen molar-refractivity contribution in [3.05, 3.63) is 30.1 Å². The quantitative estimate of drug-likeness (QED) is 0.634. The fraction of sp³-hybridized carbons (Fsp3) is 0.111. The molecular weight excluding hydrogens is 150 g/mol. The number of aryl methyl sites for hydroxylation is 1. The molecule has 0 aliphatic heterocycles. The van der Waals surface area contributed by atoms with Crippen LogP contribution in [0.25, 0.3) is 10.9 Å². The van der Waals surface area contributed by atoms with Gasteiger partial charge in [0.15, 0.2) is 0 Å². The van der Waals surface area contributed by atoms with E-state index in [-0.39, 0.29) is 0 Å². The largest absolute Gasteiger partial charge is 0.383 e. The van der Waals surface area contributed by atoms with E-state index in [9.17, 15) is 0 Å². The number of aromatic nitrogens is 2. The van der Waals surface area contributed by atoms with Crippen LogP contribution in [0.2, 0.25) is 0 Å². The molecule has 0 aliphatic rings. The molecule has 0 aromatic carbocycles. The molecule has 2 heterocycles. The van der Waals surface area contributed by atoms with Crippen LogP contribution in [0.3, 0.4) is 0 Å². The average Bonchev–Trinajstić information content (AvgIpc) is 2.04. The van der Waals surface area contributed by atoms with Crippen LogP contribution in [0.5, 0.6) is 0 Å². The number of rotatable bonds is 0. The van der Waals surface area contributed by atoms with Crippen LogP contribution >= 0.6 is 0 Å². The zero-order valence-corrected chi connectivity index (χ0v) is 6.78. The van der Waals surface area contributed by atoms with E-state index in [0.29, 0.717) is 5.82 Å². The Labute approximate surface area is 70.3 Å². The molecule has 0 aliphatic carbocycles. The van der Waals surface area contributed by atoms with Crippen LogP contribution in [0.1, 0.15) is 5.56 Å². The summed E-state index contributed by atoms with van der Waals surface area (Å²) < 4.78 is 0. The third kappa shape index (κ3) is 0.906. The van der Waals surface area contributed by atoms with Crippen molar-refractivity contribution < 1.29 is 0 Å². The minimum atomic E-state index is 0.554. The Bertz CT molecular complexity index is 386. The summed E-state index contributed by atoms with van der Waals surface area (Å²) in [5.41, 5.74) is 7.73. The lowest BCUT2D eigenvalue weighted by molar-refractivity contribution is 1.31. The molecule has 0 fully saturated rings. The van der Waals surface area contributed by atoms with E-state index >= 15 is 0 Å². The van der Waals surface area contributed by atoms with Gasteiger partial charge in [0, 0.05) is 17.8 Å². The number of hydrogen-bond donors (Lipinski definition) is 1. The molecule has 0 unspecified atom stereocenters. The monoisotopic (exact) mass is 159 g/mol. The lowest BCUT2D eigenvalue weighted by Gasteiger charge is -2.01. The second-order valence-corrected chi connectivity index (χ2v) is 2.72. The highest BCUT2D eigenvalue weighted by Crippen LogP contribution is 2.19. The van der Waals surface area contributed by atoms with E-state index < -0.39 is 0 Å². The highest BCUT2D eigenvalue weighted by Gasteiger charge is 2.00. The van der Waals surface area contributed by atoms with Gasteiger partial charge in [0.25, 0.3) is 0 Å². The van der Waals surface area contributed by atoms with Gasteiger partial charge in [-0.05, 0) is 24.6 Å². The molecule has 60 valence electrons. The second kappa shape index (κ2) is 2.44. The molecule has 0 radical (unpaired) electrons. The Morgan fingerprint density at radius 2 is 1.92 bits per heavy atom. The minimum Gasteiger partial charge on any atom is -0.383 e. The summed E-state index contributed by atoms with van der Waals surface area (Å²) in [6.07, 6.45) is 3.45. The highest BCUT2D eigenvalue weighted by molar-refractivity contribution is 5.90. The van der Waals surface area contributed by atoms with Crippen LogP contribution in [-0.4, -0.2) is 9.97 Å². The Balaban J connectivity index is 2.96. The molecule has 3 nitrogen and oxygen atoms in total. The molecule has 0 saturated heterocycles. The lowest BCUT2D eigenvalue weighted by atomic mass is 10.1. The molecule has 2 aromatic rings. The number of pyridine rings is 2. The standard InChI is InChI=1S/C9H9N3/c1-6-2-4-11-7-3-5-12-9(10)8(6)7/h2-5H,1H3,(H2,10,12). The summed E-state index contributed by atoms with van der Waals surface area (Å²) in [4.78, 5) is 8.19. The van der Waals surface area contributed by atoms with E-state index in [2.05, 4.69) is 9.97 Å². The Morgan fingerprint density at radius 1 is 1.17 bits per heavy atom. The highest BCUT2D eigenvalue weighted by atomic mass is 14.8. The average molecular weight is 159 g/mol. The maximum absolute atomic E-state index is 5.71. The number of anilines is 1. The van der Waals surface area contributed by atoms with Crippen LogP contribution in [0.4, 0.5) is 5.82 Å². The Morgan fingerprint density at radius 3 is 2.67 bits per heavy atom. The van der Waals surface area contributed by atoms with Gasteiger partial charge in [0.2, 0.25) is 0 Å². The maximum atomic E-state index is 5.71. The molecule has 0 amide bonds. The van der Waals surface area contributed by atoms with Crippen LogP contribution in [0, 0.1) is 6.92 Å². The molecule has 0 saturated carbocycles. The summed E-state index contributed by atoms with van der Waals surface area (Å²) in [6, 6.07) is 3.79. The number of nitrogens with two attached hydrogens (primary N) is 1. The zero-order valence-electron chi connectivity index (χ0n) is 6.78. The third-order valence-electron chi connectivity index (χ3n) is 1.89. The molecule has 0 spiro atoms. The minimum absolute atomic E-state index is 0.554. The lowest BCUT2D eigenvalue weighted by Crippen LogP contribution is -1.93. The third-order valence-corrected chi connectivity index (χ3v) is 1.89. The van der Waals surface area contributed by atoms with Crippen molar-refractivity contribution in [1.29, 1.82) is 0 Å². The first kappa shape index (κ1) is 7.03. The molecule has 3 heteroatoms. The van der Waals surface area contributed by atoms with Gasteiger partial charge < -0.3 is 5.73 Å². The van der Waals surface area contributed by atoms with Gasteiger partial charge in [-0.1, -0.05) is 0 Å². The first-order valence-corrected chi connectivity index (χ1v) is 3.75. The van der Waals surface area contributed by atoms with Gasteiger partial charge in [-0.25, -0.2) is 4.98 Å². The van der Waals surface area contributed by atoms with Crippen molar-refractivity contribution in [1.82, 2.24) is 9.97 Å². The van der Waals surface area contributed by atoms with Crippen LogP contribution < -0.4 is 5.73 Å². The maximum Gasteiger partial charge on any atom is 0.133 e. The van der Waals surface area contributed by atoms with Gasteiger partial charge in [-0.2, -0.15) is 0 Å². The predicted molar refractivity (Wildman–Crippen MR) is 48.7 cm³/mol. The fourth-order valence-electron chi connectivity index (χ4n) is 1.29. The normalized spacial score (nSPS) is 10.4. The first-order chi connectivity index (χ1) is 5.79. The smallest absolute Gasteiger partial charge is 0.133 e. The number of fused-ring (bicyclic) bond motifs is 1. The number of hydrogen-bond acceptors (Lipinski definition) is 3. The second-order valence-electron chi connectivity index (χ2n) is 2.72. The summed E-state index contributed by atoms with van der Waals surface area (Å²) in [6.45, 7) is 2.00. The van der Waals surface area contributed by atoms with Crippen LogP contribution in [-0.2, 0) is 0 Å². The summed E-state index contributed by atoms with van der Waals surface area (Å²) in [7, 11) is 0. The Hall–Kier alpha value is -1.64. The molecule has 2 rings (SSSR count). The fourth-order valence-corrected chi connectivity index (χ4v) is 1.29. The predicted octanol–water partition coefficient (Wildman–Crippen LogP) is 1.52. The van der Waals surface area contributed by atoms with Gasteiger partial charge in [-0.3, -0.25) is 4.98 Å². The summed E-state index contributed by atoms with van der Waals surface area (Å²) in [5, 5.41) is 0.958. The summed E-state index contributed by atoms with van der Waals surface area (Å²) in [5.74, 6) is 0.554. The molecule has 0 bridgehead atoms. The molecular formula is C9H9N3. The van der Waals surface area contributed by atoms with Crippen LogP contribution in [0.15, 0.2) is 24.5 Å². The molecule has 12 heavy (non-hydrogen) atoms. The zero-order chi connectivity index (χ0) is 8.55. The van der Waals surface area contributed by atoms with E-state index in [1.54, 1.807) is 12.4 Å².